The quantitative estimate of drug-likeness (QED) is 0.381. The summed E-state index contributed by atoms with van der Waals surface area (Å²) >= 11 is 0. The Balaban J connectivity index is 1.68. The van der Waals surface area contributed by atoms with Crippen LogP contribution >= 0.6 is 0 Å². The number of carbonyl (C=O) groups excluding carboxylic acids is 1. The van der Waals surface area contributed by atoms with Gasteiger partial charge < -0.3 is 20.3 Å². The van der Waals surface area contributed by atoms with E-state index in [2.05, 4.69) is 50.4 Å². The Morgan fingerprint density at radius 1 is 1.48 bits per heavy atom. The van der Waals surface area contributed by atoms with Gasteiger partial charge in [0.2, 0.25) is 0 Å². The number of ether oxygens (including phenoxy) is 1. The second kappa shape index (κ2) is 9.23. The molecule has 0 radical (unpaired) electrons. The first kappa shape index (κ1) is 20.4. The number of fused-ring (bicyclic) bond motifs is 1. The highest BCUT2D eigenvalue weighted by atomic mass is 16.5. The van der Waals surface area contributed by atoms with Crippen LogP contribution in [0.5, 0.6) is 0 Å². The van der Waals surface area contributed by atoms with E-state index < -0.39 is 0 Å². The number of nitrogens with one attached hydrogen (secondary N) is 2. The third kappa shape index (κ3) is 5.81. The summed E-state index contributed by atoms with van der Waals surface area (Å²) in [5.41, 5.74) is 1.76. The lowest BCUT2D eigenvalue weighted by Gasteiger charge is -2.12. The van der Waals surface area contributed by atoms with E-state index in [1.807, 2.05) is 32.9 Å². The SMILES string of the molecule is C=C/C(=C\C(=C/C)c1nccc(NC2=CN3CC3C=C2)n1)OCC(=O)NC(C)C. The van der Waals surface area contributed by atoms with Crippen LogP contribution in [0.15, 0.2) is 66.9 Å². The van der Waals surface area contributed by atoms with Gasteiger partial charge in [-0.05, 0) is 45.1 Å². The molecule has 1 aromatic rings. The van der Waals surface area contributed by atoms with Crippen LogP contribution in [0.25, 0.3) is 5.57 Å². The average molecular weight is 393 g/mol. The highest BCUT2D eigenvalue weighted by Crippen LogP contribution is 2.26. The van der Waals surface area contributed by atoms with Gasteiger partial charge in [-0.25, -0.2) is 9.97 Å². The maximum absolute atomic E-state index is 11.8. The number of carbonyl (C=O) groups is 1. The van der Waals surface area contributed by atoms with E-state index in [0.717, 1.165) is 17.8 Å². The maximum atomic E-state index is 11.8. The summed E-state index contributed by atoms with van der Waals surface area (Å²) < 4.78 is 5.57. The molecular formula is C22H27N5O2. The van der Waals surface area contributed by atoms with Crippen molar-refractivity contribution < 1.29 is 9.53 Å². The Morgan fingerprint density at radius 2 is 2.31 bits per heavy atom. The Kier molecular flexibility index (Phi) is 6.49. The summed E-state index contributed by atoms with van der Waals surface area (Å²) in [7, 11) is 0. The van der Waals surface area contributed by atoms with E-state index >= 15 is 0 Å². The van der Waals surface area contributed by atoms with E-state index in [1.54, 1.807) is 18.3 Å². The van der Waals surface area contributed by atoms with E-state index in [1.165, 1.54) is 0 Å². The van der Waals surface area contributed by atoms with Gasteiger partial charge >= 0.3 is 0 Å². The molecule has 2 aliphatic rings. The number of hydrogen-bond acceptors (Lipinski definition) is 6. The number of nitrogens with zero attached hydrogens (tertiary/aromatic N) is 3. The van der Waals surface area contributed by atoms with Gasteiger partial charge in [-0.1, -0.05) is 18.7 Å². The molecule has 0 aliphatic carbocycles. The van der Waals surface area contributed by atoms with Crippen LogP contribution in [0.3, 0.4) is 0 Å². The van der Waals surface area contributed by atoms with Gasteiger partial charge in [0.1, 0.15) is 11.6 Å². The van der Waals surface area contributed by atoms with Crippen LogP contribution in [0.2, 0.25) is 0 Å². The molecule has 7 heteroatoms. The molecule has 29 heavy (non-hydrogen) atoms. The molecule has 152 valence electrons. The molecule has 2 aliphatic heterocycles. The summed E-state index contributed by atoms with van der Waals surface area (Å²) in [6, 6.07) is 2.44. The molecule has 1 unspecified atom stereocenters. The fraction of sp³-hybridized carbons (Fsp3) is 0.318. The van der Waals surface area contributed by atoms with Gasteiger partial charge in [0, 0.05) is 30.6 Å². The first-order chi connectivity index (χ1) is 14.0. The number of rotatable bonds is 9. The van der Waals surface area contributed by atoms with Gasteiger partial charge in [0.05, 0.1) is 11.7 Å². The zero-order valence-corrected chi connectivity index (χ0v) is 17.1. The predicted octanol–water partition coefficient (Wildman–Crippen LogP) is 3.00. The molecule has 3 heterocycles. The zero-order chi connectivity index (χ0) is 20.8. The molecule has 0 aromatic carbocycles. The zero-order valence-electron chi connectivity index (χ0n) is 17.1. The van der Waals surface area contributed by atoms with Crippen molar-refractivity contribution in [3.05, 3.63) is 72.7 Å². The lowest BCUT2D eigenvalue weighted by atomic mass is 10.2. The first-order valence-electron chi connectivity index (χ1n) is 9.67. The van der Waals surface area contributed by atoms with Crippen LogP contribution < -0.4 is 10.6 Å². The summed E-state index contributed by atoms with van der Waals surface area (Å²) in [5.74, 6) is 1.55. The van der Waals surface area contributed by atoms with Gasteiger partial charge in [-0.2, -0.15) is 0 Å². The van der Waals surface area contributed by atoms with Gasteiger partial charge in [-0.3, -0.25) is 4.79 Å². The summed E-state index contributed by atoms with van der Waals surface area (Å²) in [6.07, 6.45) is 13.3. The molecule has 0 saturated carbocycles. The Hall–Kier alpha value is -3.35. The van der Waals surface area contributed by atoms with Gasteiger partial charge in [0.25, 0.3) is 5.91 Å². The van der Waals surface area contributed by atoms with Crippen molar-refractivity contribution in [3.63, 3.8) is 0 Å². The van der Waals surface area contributed by atoms with Crippen LogP contribution in [0.4, 0.5) is 5.82 Å². The number of hydrogen-bond donors (Lipinski definition) is 2. The lowest BCUT2D eigenvalue weighted by Crippen LogP contribution is -2.33. The van der Waals surface area contributed by atoms with Crippen molar-refractivity contribution in [1.29, 1.82) is 0 Å². The number of amides is 1. The normalized spacial score (nSPS) is 18.1. The Bertz CT molecular complexity index is 898. The summed E-state index contributed by atoms with van der Waals surface area (Å²) in [4.78, 5) is 23.0. The maximum Gasteiger partial charge on any atom is 0.258 e. The second-order valence-corrected chi connectivity index (χ2v) is 7.10. The van der Waals surface area contributed by atoms with E-state index in [-0.39, 0.29) is 18.6 Å². The number of aromatic nitrogens is 2. The van der Waals surface area contributed by atoms with Crippen molar-refractivity contribution in [3.8, 4) is 0 Å². The van der Waals surface area contributed by atoms with Crippen LogP contribution in [0, 0.1) is 0 Å². The predicted molar refractivity (Wildman–Crippen MR) is 115 cm³/mol. The van der Waals surface area contributed by atoms with E-state index in [4.69, 9.17) is 4.74 Å². The van der Waals surface area contributed by atoms with E-state index in [9.17, 15) is 4.79 Å². The minimum atomic E-state index is -0.181. The van der Waals surface area contributed by atoms with Crippen molar-refractivity contribution >= 4 is 17.3 Å². The molecule has 7 nitrogen and oxygen atoms in total. The molecule has 0 bridgehead atoms. The van der Waals surface area contributed by atoms with E-state index in [0.29, 0.717) is 23.4 Å². The number of allylic oxidation sites excluding steroid dienone is 5. The van der Waals surface area contributed by atoms with Crippen molar-refractivity contribution in [2.24, 2.45) is 0 Å². The van der Waals surface area contributed by atoms with Crippen LogP contribution in [0.1, 0.15) is 26.6 Å². The lowest BCUT2D eigenvalue weighted by molar-refractivity contribution is -0.124. The van der Waals surface area contributed by atoms with Gasteiger partial charge in [-0.15, -0.1) is 0 Å². The van der Waals surface area contributed by atoms with Crippen LogP contribution in [-0.4, -0.2) is 46.0 Å². The number of anilines is 1. The van der Waals surface area contributed by atoms with Crippen molar-refractivity contribution in [1.82, 2.24) is 20.2 Å². The summed E-state index contributed by atoms with van der Waals surface area (Å²) in [5, 5.41) is 6.10. The minimum absolute atomic E-state index is 0.0636. The monoisotopic (exact) mass is 393 g/mol. The smallest absolute Gasteiger partial charge is 0.258 e. The third-order valence-electron chi connectivity index (χ3n) is 4.31. The molecule has 2 N–H and O–H groups in total. The molecule has 3 rings (SSSR count). The summed E-state index contributed by atoms with van der Waals surface area (Å²) in [6.45, 7) is 10.5. The highest BCUT2D eigenvalue weighted by Gasteiger charge is 2.30. The van der Waals surface area contributed by atoms with Crippen molar-refractivity contribution in [2.75, 3.05) is 18.5 Å². The average Bonchev–Trinajstić information content (AvgIpc) is 3.47. The second-order valence-electron chi connectivity index (χ2n) is 7.10. The van der Waals surface area contributed by atoms with Crippen LogP contribution in [-0.2, 0) is 9.53 Å². The molecular weight excluding hydrogens is 366 g/mol. The third-order valence-corrected chi connectivity index (χ3v) is 4.31. The van der Waals surface area contributed by atoms with Gasteiger partial charge in [0.15, 0.2) is 12.4 Å². The molecule has 1 saturated heterocycles. The Labute approximate surface area is 171 Å². The topological polar surface area (TPSA) is 79.2 Å². The van der Waals surface area contributed by atoms with Crippen molar-refractivity contribution in [2.45, 2.75) is 32.9 Å². The highest BCUT2D eigenvalue weighted by molar-refractivity contribution is 5.77. The Morgan fingerprint density at radius 3 is 3.00 bits per heavy atom. The molecule has 1 amide bonds. The fourth-order valence-corrected chi connectivity index (χ4v) is 2.82. The molecule has 1 fully saturated rings. The molecule has 0 spiro atoms. The largest absolute Gasteiger partial charge is 0.484 e. The standard InChI is InChI=1S/C22H27N5O2/c1-5-16(11-19(6-2)29-14-21(28)24-15(3)4)22-23-10-9-20(26-22)25-17-7-8-18-13-27(18)12-17/h5-12,15,18H,2,13-14H2,1,3-4H3,(H,24,28)(H,23,25,26)/b16-5+,19-11+. The first-order valence-corrected chi connectivity index (χ1v) is 9.67. The molecule has 1 aromatic heterocycles. The fourth-order valence-electron chi connectivity index (χ4n) is 2.82. The molecule has 1 atom stereocenters. The minimum Gasteiger partial charge on any atom is -0.484 e.